The number of benzene rings is 1. The minimum absolute atomic E-state index is 0.0168. The standard InChI is InChI=1S/C14H19N3O/c1-4-16-14(18)10-17(5-2)13-7-6-12(9-15)8-11(13)3/h6-8H,4-5,10H2,1-3H3,(H,16,18). The van der Waals surface area contributed by atoms with Crippen molar-refractivity contribution in [3.8, 4) is 6.07 Å². The molecule has 0 saturated heterocycles. The van der Waals surface area contributed by atoms with E-state index in [-0.39, 0.29) is 5.91 Å². The molecule has 18 heavy (non-hydrogen) atoms. The molecule has 0 aliphatic carbocycles. The van der Waals surface area contributed by atoms with Crippen molar-refractivity contribution in [1.82, 2.24) is 5.32 Å². The molecule has 0 saturated carbocycles. The minimum Gasteiger partial charge on any atom is -0.362 e. The molecule has 0 aliphatic rings. The summed E-state index contributed by atoms with van der Waals surface area (Å²) in [5.41, 5.74) is 2.66. The second kappa shape index (κ2) is 6.65. The monoisotopic (exact) mass is 245 g/mol. The molecule has 0 radical (unpaired) electrons. The number of nitrogens with one attached hydrogen (secondary N) is 1. The van der Waals surface area contributed by atoms with Gasteiger partial charge in [-0.25, -0.2) is 0 Å². The normalized spacial score (nSPS) is 9.67. The van der Waals surface area contributed by atoms with E-state index in [4.69, 9.17) is 5.26 Å². The summed E-state index contributed by atoms with van der Waals surface area (Å²) >= 11 is 0. The molecule has 0 fully saturated rings. The van der Waals surface area contributed by atoms with Crippen molar-refractivity contribution in [2.24, 2.45) is 0 Å². The summed E-state index contributed by atoms with van der Waals surface area (Å²) < 4.78 is 0. The van der Waals surface area contributed by atoms with Gasteiger partial charge < -0.3 is 10.2 Å². The molecule has 96 valence electrons. The van der Waals surface area contributed by atoms with E-state index in [1.165, 1.54) is 0 Å². The Balaban J connectivity index is 2.89. The smallest absolute Gasteiger partial charge is 0.239 e. The molecule has 1 amide bonds. The topological polar surface area (TPSA) is 56.1 Å². The predicted octanol–water partition coefficient (Wildman–Crippen LogP) is 1.83. The largest absolute Gasteiger partial charge is 0.362 e. The lowest BCUT2D eigenvalue weighted by atomic mass is 10.1. The number of anilines is 1. The van der Waals surface area contributed by atoms with Crippen LogP contribution in [-0.2, 0) is 4.79 Å². The number of carbonyl (C=O) groups excluding carboxylic acids is 1. The van der Waals surface area contributed by atoms with Crippen molar-refractivity contribution in [2.75, 3.05) is 24.5 Å². The molecule has 4 heteroatoms. The number of rotatable bonds is 5. The molecule has 0 heterocycles. The fourth-order valence-electron chi connectivity index (χ4n) is 1.87. The van der Waals surface area contributed by atoms with Crippen LogP contribution in [0.2, 0.25) is 0 Å². The first-order valence-electron chi connectivity index (χ1n) is 6.14. The number of likely N-dealkylation sites (N-methyl/N-ethyl adjacent to an activating group) is 2. The van der Waals surface area contributed by atoms with E-state index in [0.717, 1.165) is 17.8 Å². The van der Waals surface area contributed by atoms with Crippen molar-refractivity contribution in [3.63, 3.8) is 0 Å². The molecular formula is C14H19N3O. The van der Waals surface area contributed by atoms with Crippen LogP contribution >= 0.6 is 0 Å². The van der Waals surface area contributed by atoms with Crippen LogP contribution in [-0.4, -0.2) is 25.5 Å². The fourth-order valence-corrected chi connectivity index (χ4v) is 1.87. The van der Waals surface area contributed by atoms with Gasteiger partial charge in [-0.3, -0.25) is 4.79 Å². The predicted molar refractivity (Wildman–Crippen MR) is 72.5 cm³/mol. The fraction of sp³-hybridized carbons (Fsp3) is 0.429. The number of hydrogen-bond donors (Lipinski definition) is 1. The lowest BCUT2D eigenvalue weighted by Crippen LogP contribution is -2.37. The third-order valence-corrected chi connectivity index (χ3v) is 2.76. The van der Waals surface area contributed by atoms with Crippen LogP contribution in [0, 0.1) is 18.3 Å². The van der Waals surface area contributed by atoms with Crippen molar-refractivity contribution < 1.29 is 4.79 Å². The first-order chi connectivity index (χ1) is 8.62. The number of nitrogens with zero attached hydrogens (tertiary/aromatic N) is 2. The summed E-state index contributed by atoms with van der Waals surface area (Å²) in [6.07, 6.45) is 0. The summed E-state index contributed by atoms with van der Waals surface area (Å²) in [5, 5.41) is 11.6. The van der Waals surface area contributed by atoms with Gasteiger partial charge in [-0.05, 0) is 44.5 Å². The number of amides is 1. The Hall–Kier alpha value is -2.02. The summed E-state index contributed by atoms with van der Waals surface area (Å²) in [6, 6.07) is 7.64. The van der Waals surface area contributed by atoms with Gasteiger partial charge in [0.15, 0.2) is 0 Å². The highest BCUT2D eigenvalue weighted by molar-refractivity contribution is 5.81. The van der Waals surface area contributed by atoms with E-state index in [0.29, 0.717) is 18.7 Å². The lowest BCUT2D eigenvalue weighted by Gasteiger charge is -2.24. The highest BCUT2D eigenvalue weighted by atomic mass is 16.2. The van der Waals surface area contributed by atoms with Crippen molar-refractivity contribution in [3.05, 3.63) is 29.3 Å². The van der Waals surface area contributed by atoms with E-state index < -0.39 is 0 Å². The minimum atomic E-state index is 0.0168. The summed E-state index contributed by atoms with van der Waals surface area (Å²) in [4.78, 5) is 13.6. The maximum atomic E-state index is 11.6. The molecular weight excluding hydrogens is 226 g/mol. The van der Waals surface area contributed by atoms with Crippen molar-refractivity contribution in [1.29, 1.82) is 5.26 Å². The zero-order chi connectivity index (χ0) is 13.5. The maximum absolute atomic E-state index is 11.6. The van der Waals surface area contributed by atoms with Gasteiger partial charge in [0.1, 0.15) is 0 Å². The Labute approximate surface area is 108 Å². The van der Waals surface area contributed by atoms with E-state index in [1.54, 1.807) is 6.07 Å². The number of nitriles is 1. The molecule has 0 bridgehead atoms. The van der Waals surface area contributed by atoms with Crippen LogP contribution in [0.4, 0.5) is 5.69 Å². The Morgan fingerprint density at radius 2 is 2.17 bits per heavy atom. The molecule has 1 N–H and O–H groups in total. The van der Waals surface area contributed by atoms with E-state index >= 15 is 0 Å². The zero-order valence-corrected chi connectivity index (χ0v) is 11.2. The van der Waals surface area contributed by atoms with Gasteiger partial charge in [0, 0.05) is 18.8 Å². The van der Waals surface area contributed by atoms with Gasteiger partial charge in [0.2, 0.25) is 5.91 Å². The molecule has 1 rings (SSSR count). The zero-order valence-electron chi connectivity index (χ0n) is 11.2. The first-order valence-corrected chi connectivity index (χ1v) is 6.14. The van der Waals surface area contributed by atoms with E-state index in [9.17, 15) is 4.79 Å². The van der Waals surface area contributed by atoms with Crippen LogP contribution in [0.25, 0.3) is 0 Å². The highest BCUT2D eigenvalue weighted by Crippen LogP contribution is 2.20. The first kappa shape index (κ1) is 14.0. The highest BCUT2D eigenvalue weighted by Gasteiger charge is 2.11. The Morgan fingerprint density at radius 3 is 2.67 bits per heavy atom. The summed E-state index contributed by atoms with van der Waals surface area (Å²) in [6.45, 7) is 7.61. The maximum Gasteiger partial charge on any atom is 0.239 e. The second-order valence-corrected chi connectivity index (χ2v) is 4.08. The number of aryl methyl sites for hydroxylation is 1. The van der Waals surface area contributed by atoms with E-state index in [2.05, 4.69) is 11.4 Å². The number of carbonyl (C=O) groups is 1. The van der Waals surface area contributed by atoms with Gasteiger partial charge in [-0.1, -0.05) is 0 Å². The lowest BCUT2D eigenvalue weighted by molar-refractivity contribution is -0.119. The quantitative estimate of drug-likeness (QED) is 0.861. The average molecular weight is 245 g/mol. The molecule has 0 aliphatic heterocycles. The van der Waals surface area contributed by atoms with Gasteiger partial charge in [0.25, 0.3) is 0 Å². The molecule has 0 unspecified atom stereocenters. The van der Waals surface area contributed by atoms with Crippen LogP contribution in [0.15, 0.2) is 18.2 Å². The van der Waals surface area contributed by atoms with Crippen LogP contribution in [0.5, 0.6) is 0 Å². The van der Waals surface area contributed by atoms with Gasteiger partial charge in [0.05, 0.1) is 18.2 Å². The molecule has 1 aromatic carbocycles. The van der Waals surface area contributed by atoms with Gasteiger partial charge in [-0.15, -0.1) is 0 Å². The number of hydrogen-bond acceptors (Lipinski definition) is 3. The molecule has 1 aromatic rings. The SMILES string of the molecule is CCNC(=O)CN(CC)c1ccc(C#N)cc1C. The third kappa shape index (κ3) is 3.49. The summed E-state index contributed by atoms with van der Waals surface area (Å²) in [7, 11) is 0. The van der Waals surface area contributed by atoms with Gasteiger partial charge in [-0.2, -0.15) is 5.26 Å². The van der Waals surface area contributed by atoms with Crippen molar-refractivity contribution >= 4 is 11.6 Å². The van der Waals surface area contributed by atoms with Crippen molar-refractivity contribution in [2.45, 2.75) is 20.8 Å². The molecule has 0 atom stereocenters. The van der Waals surface area contributed by atoms with Crippen LogP contribution in [0.1, 0.15) is 25.0 Å². The Kier molecular flexibility index (Phi) is 5.19. The average Bonchev–Trinajstić information content (AvgIpc) is 2.36. The molecule has 0 aromatic heterocycles. The summed E-state index contributed by atoms with van der Waals surface area (Å²) in [5.74, 6) is 0.0168. The molecule has 4 nitrogen and oxygen atoms in total. The van der Waals surface area contributed by atoms with Crippen LogP contribution < -0.4 is 10.2 Å². The third-order valence-electron chi connectivity index (χ3n) is 2.76. The van der Waals surface area contributed by atoms with Crippen LogP contribution in [0.3, 0.4) is 0 Å². The Morgan fingerprint density at radius 1 is 1.44 bits per heavy atom. The molecule has 0 spiro atoms. The Bertz CT molecular complexity index is 463. The second-order valence-electron chi connectivity index (χ2n) is 4.08. The van der Waals surface area contributed by atoms with Gasteiger partial charge >= 0.3 is 0 Å². The van der Waals surface area contributed by atoms with E-state index in [1.807, 2.05) is 37.8 Å².